The van der Waals surface area contributed by atoms with Crippen molar-refractivity contribution in [2.75, 3.05) is 13.6 Å². The minimum absolute atomic E-state index is 0.191. The summed E-state index contributed by atoms with van der Waals surface area (Å²) in [5.41, 5.74) is 0.642. The van der Waals surface area contributed by atoms with Crippen LogP contribution in [0.2, 0.25) is 5.02 Å². The van der Waals surface area contributed by atoms with Crippen LogP contribution in [-0.4, -0.2) is 13.6 Å². The van der Waals surface area contributed by atoms with Crippen LogP contribution in [0.3, 0.4) is 0 Å². The Morgan fingerprint density at radius 2 is 2.20 bits per heavy atom. The van der Waals surface area contributed by atoms with Gasteiger partial charge in [0.25, 0.3) is 0 Å². The second-order valence-corrected chi connectivity index (χ2v) is 3.69. The molecular formula is C12H15ClFN. The van der Waals surface area contributed by atoms with Crippen molar-refractivity contribution in [1.29, 1.82) is 0 Å². The topological polar surface area (TPSA) is 12.0 Å². The van der Waals surface area contributed by atoms with Crippen LogP contribution in [0.25, 0.3) is 0 Å². The summed E-state index contributed by atoms with van der Waals surface area (Å²) in [6.45, 7) is 0.939. The first kappa shape index (κ1) is 12.2. The van der Waals surface area contributed by atoms with Crippen molar-refractivity contribution >= 4 is 11.6 Å². The zero-order chi connectivity index (χ0) is 11.1. The Bertz CT molecular complexity index is 336. The van der Waals surface area contributed by atoms with E-state index in [1.54, 1.807) is 18.2 Å². The molecule has 1 aromatic carbocycles. The zero-order valence-corrected chi connectivity index (χ0v) is 9.52. The number of nitrogens with one attached hydrogen (secondary N) is 1. The van der Waals surface area contributed by atoms with E-state index in [1.165, 1.54) is 0 Å². The van der Waals surface area contributed by atoms with Crippen LogP contribution < -0.4 is 5.32 Å². The summed E-state index contributed by atoms with van der Waals surface area (Å²) in [6, 6.07) is 5.08. The average Bonchev–Trinajstić information content (AvgIpc) is 2.24. The first-order valence-electron chi connectivity index (χ1n) is 4.98. The lowest BCUT2D eigenvalue weighted by Gasteiger charge is -2.00. The fraction of sp³-hybridized carbons (Fsp3) is 0.333. The molecule has 3 heteroatoms. The molecule has 0 aliphatic carbocycles. The van der Waals surface area contributed by atoms with Gasteiger partial charge in [0.2, 0.25) is 0 Å². The van der Waals surface area contributed by atoms with E-state index in [4.69, 9.17) is 11.6 Å². The van der Waals surface area contributed by atoms with E-state index in [2.05, 4.69) is 5.32 Å². The summed E-state index contributed by atoms with van der Waals surface area (Å²) in [5, 5.41) is 3.23. The Hall–Kier alpha value is -0.860. The molecule has 0 radical (unpaired) electrons. The summed E-state index contributed by atoms with van der Waals surface area (Å²) < 4.78 is 13.4. The predicted octanol–water partition coefficient (Wildman–Crippen LogP) is 3.19. The summed E-state index contributed by atoms with van der Waals surface area (Å²) in [4.78, 5) is 0. The van der Waals surface area contributed by atoms with Gasteiger partial charge in [0.05, 0.1) is 5.02 Å². The molecule has 1 nitrogen and oxygen atoms in total. The Kier molecular flexibility index (Phi) is 5.37. The molecule has 82 valence electrons. The van der Waals surface area contributed by atoms with Gasteiger partial charge in [0.1, 0.15) is 5.82 Å². The number of benzene rings is 1. The Balaban J connectivity index is 2.50. The normalized spacial score (nSPS) is 11.1. The average molecular weight is 228 g/mol. The maximum Gasteiger partial charge on any atom is 0.145 e. The van der Waals surface area contributed by atoms with Crippen molar-refractivity contribution in [1.82, 2.24) is 5.32 Å². The molecule has 0 atom stereocenters. The van der Waals surface area contributed by atoms with Crippen LogP contribution in [0.15, 0.2) is 30.4 Å². The molecule has 15 heavy (non-hydrogen) atoms. The van der Waals surface area contributed by atoms with Crippen LogP contribution in [0.5, 0.6) is 0 Å². The summed E-state index contributed by atoms with van der Waals surface area (Å²) in [5.74, 6) is -0.308. The van der Waals surface area contributed by atoms with Crippen LogP contribution in [0.1, 0.15) is 12.0 Å². The molecular weight excluding hydrogens is 213 g/mol. The van der Waals surface area contributed by atoms with Crippen LogP contribution in [0.4, 0.5) is 4.39 Å². The smallest absolute Gasteiger partial charge is 0.145 e. The lowest BCUT2D eigenvalue weighted by atomic mass is 10.1. The van der Waals surface area contributed by atoms with Gasteiger partial charge in [-0.3, -0.25) is 0 Å². The number of halogens is 2. The SMILES string of the molecule is CNCC/C=C/Cc1cccc(Cl)c1F. The second kappa shape index (κ2) is 6.59. The fourth-order valence-electron chi connectivity index (χ4n) is 1.26. The first-order chi connectivity index (χ1) is 7.25. The van der Waals surface area contributed by atoms with Gasteiger partial charge in [-0.1, -0.05) is 35.9 Å². The molecule has 0 fully saturated rings. The van der Waals surface area contributed by atoms with Crippen molar-refractivity contribution in [2.45, 2.75) is 12.8 Å². The van der Waals surface area contributed by atoms with Gasteiger partial charge in [-0.05, 0) is 38.1 Å². The molecule has 0 aromatic heterocycles. The third-order valence-corrected chi connectivity index (χ3v) is 2.39. The van der Waals surface area contributed by atoms with E-state index in [9.17, 15) is 4.39 Å². The minimum atomic E-state index is -0.308. The number of rotatable bonds is 5. The van der Waals surface area contributed by atoms with Crippen molar-refractivity contribution < 1.29 is 4.39 Å². The lowest BCUT2D eigenvalue weighted by molar-refractivity contribution is 0.615. The molecule has 1 rings (SSSR count). The van der Waals surface area contributed by atoms with Gasteiger partial charge in [0.15, 0.2) is 0 Å². The maximum atomic E-state index is 13.4. The predicted molar refractivity (Wildman–Crippen MR) is 62.8 cm³/mol. The van der Waals surface area contributed by atoms with Crippen LogP contribution >= 0.6 is 11.6 Å². The fourth-order valence-corrected chi connectivity index (χ4v) is 1.46. The Morgan fingerprint density at radius 1 is 1.40 bits per heavy atom. The largest absolute Gasteiger partial charge is 0.319 e. The van der Waals surface area contributed by atoms with Crippen LogP contribution in [-0.2, 0) is 6.42 Å². The number of hydrogen-bond donors (Lipinski definition) is 1. The molecule has 0 aliphatic heterocycles. The van der Waals surface area contributed by atoms with Crippen molar-refractivity contribution in [3.8, 4) is 0 Å². The van der Waals surface area contributed by atoms with Crippen molar-refractivity contribution in [3.05, 3.63) is 46.8 Å². The van der Waals surface area contributed by atoms with Gasteiger partial charge in [-0.15, -0.1) is 0 Å². The highest BCUT2D eigenvalue weighted by molar-refractivity contribution is 6.30. The molecule has 0 heterocycles. The zero-order valence-electron chi connectivity index (χ0n) is 8.76. The van der Waals surface area contributed by atoms with Gasteiger partial charge < -0.3 is 5.32 Å². The molecule has 0 saturated heterocycles. The highest BCUT2D eigenvalue weighted by atomic mass is 35.5. The molecule has 1 N–H and O–H groups in total. The van der Waals surface area contributed by atoms with Crippen LogP contribution in [0, 0.1) is 5.82 Å². The van der Waals surface area contributed by atoms with E-state index < -0.39 is 0 Å². The third-order valence-electron chi connectivity index (χ3n) is 2.10. The molecule has 0 unspecified atom stereocenters. The van der Waals surface area contributed by atoms with E-state index in [0.717, 1.165) is 13.0 Å². The lowest BCUT2D eigenvalue weighted by Crippen LogP contribution is -2.05. The van der Waals surface area contributed by atoms with Crippen molar-refractivity contribution in [2.24, 2.45) is 0 Å². The van der Waals surface area contributed by atoms with Gasteiger partial charge >= 0.3 is 0 Å². The van der Waals surface area contributed by atoms with E-state index >= 15 is 0 Å². The van der Waals surface area contributed by atoms with Gasteiger partial charge in [-0.25, -0.2) is 4.39 Å². The second-order valence-electron chi connectivity index (χ2n) is 3.28. The van der Waals surface area contributed by atoms with E-state index in [1.807, 2.05) is 19.2 Å². The summed E-state index contributed by atoms with van der Waals surface area (Å²) in [7, 11) is 1.91. The van der Waals surface area contributed by atoms with Gasteiger partial charge in [-0.2, -0.15) is 0 Å². The molecule has 1 aromatic rings. The van der Waals surface area contributed by atoms with E-state index in [0.29, 0.717) is 12.0 Å². The molecule has 0 amide bonds. The van der Waals surface area contributed by atoms with E-state index in [-0.39, 0.29) is 10.8 Å². The summed E-state index contributed by atoms with van der Waals surface area (Å²) in [6.07, 6.45) is 5.55. The molecule has 0 bridgehead atoms. The minimum Gasteiger partial charge on any atom is -0.319 e. The third kappa shape index (κ3) is 4.02. The Morgan fingerprint density at radius 3 is 2.93 bits per heavy atom. The number of hydrogen-bond acceptors (Lipinski definition) is 1. The van der Waals surface area contributed by atoms with Gasteiger partial charge in [0, 0.05) is 0 Å². The monoisotopic (exact) mass is 227 g/mol. The van der Waals surface area contributed by atoms with Crippen molar-refractivity contribution in [3.63, 3.8) is 0 Å². The Labute approximate surface area is 95.0 Å². The summed E-state index contributed by atoms with van der Waals surface area (Å²) >= 11 is 5.67. The highest BCUT2D eigenvalue weighted by Crippen LogP contribution is 2.18. The molecule has 0 spiro atoms. The maximum absolute atomic E-state index is 13.4. The first-order valence-corrected chi connectivity index (χ1v) is 5.36. The molecule has 0 aliphatic rings. The quantitative estimate of drug-likeness (QED) is 0.602. The number of allylic oxidation sites excluding steroid dienone is 1. The molecule has 0 saturated carbocycles. The highest BCUT2D eigenvalue weighted by Gasteiger charge is 2.03. The standard InChI is InChI=1S/C12H15ClFN/c1-15-9-4-2-3-6-10-7-5-8-11(13)12(10)14/h2-3,5,7-8,15H,4,6,9H2,1H3/b3-2+.